The van der Waals surface area contributed by atoms with Crippen LogP contribution < -0.4 is 14.2 Å². The highest BCUT2D eigenvalue weighted by molar-refractivity contribution is 7.89. The number of methoxy groups -OCH3 is 2. The minimum Gasteiger partial charge on any atom is -0.493 e. The fourth-order valence-electron chi connectivity index (χ4n) is 2.32. The van der Waals surface area contributed by atoms with Crippen LogP contribution in [0.15, 0.2) is 39.9 Å². The summed E-state index contributed by atoms with van der Waals surface area (Å²) in [6.07, 6.45) is 0. The molecule has 0 aliphatic rings. The number of hydrogen-bond acceptors (Lipinski definition) is 6. The molecular formula is C16H22N2O4S2. The molecule has 0 aliphatic heterocycles. The maximum absolute atomic E-state index is 12.6. The summed E-state index contributed by atoms with van der Waals surface area (Å²) in [6.45, 7) is 0.278. The molecule has 1 heterocycles. The summed E-state index contributed by atoms with van der Waals surface area (Å²) < 4.78 is 38.1. The van der Waals surface area contributed by atoms with E-state index in [1.54, 1.807) is 17.4 Å². The quantitative estimate of drug-likeness (QED) is 0.773. The molecular weight excluding hydrogens is 348 g/mol. The van der Waals surface area contributed by atoms with Gasteiger partial charge < -0.3 is 14.4 Å². The van der Waals surface area contributed by atoms with E-state index < -0.39 is 10.0 Å². The van der Waals surface area contributed by atoms with Crippen LogP contribution in [0.4, 0.5) is 0 Å². The van der Waals surface area contributed by atoms with Crippen LogP contribution in [0.2, 0.25) is 0 Å². The molecule has 1 N–H and O–H groups in total. The molecule has 2 rings (SSSR count). The lowest BCUT2D eigenvalue weighted by atomic mass is 10.1. The van der Waals surface area contributed by atoms with Crippen molar-refractivity contribution in [3.8, 4) is 11.5 Å². The van der Waals surface area contributed by atoms with Crippen molar-refractivity contribution in [3.63, 3.8) is 0 Å². The largest absolute Gasteiger partial charge is 0.493 e. The predicted octanol–water partition coefficient (Wildman–Crippen LogP) is 2.35. The molecule has 0 amide bonds. The van der Waals surface area contributed by atoms with Crippen molar-refractivity contribution < 1.29 is 17.9 Å². The summed E-state index contributed by atoms with van der Waals surface area (Å²) >= 11 is 1.59. The van der Waals surface area contributed by atoms with E-state index in [1.165, 1.54) is 26.4 Å². The molecule has 0 aliphatic carbocycles. The first kappa shape index (κ1) is 18.7. The summed E-state index contributed by atoms with van der Waals surface area (Å²) in [5, 5.41) is 4.00. The van der Waals surface area contributed by atoms with Crippen molar-refractivity contribution in [2.75, 3.05) is 34.9 Å². The summed E-state index contributed by atoms with van der Waals surface area (Å²) in [4.78, 5) is 2.13. The lowest BCUT2D eigenvalue weighted by molar-refractivity contribution is 0.300. The van der Waals surface area contributed by atoms with Gasteiger partial charge in [0, 0.05) is 18.7 Å². The van der Waals surface area contributed by atoms with Gasteiger partial charge in [-0.2, -0.15) is 11.3 Å². The van der Waals surface area contributed by atoms with Crippen LogP contribution in [0.5, 0.6) is 11.5 Å². The smallest absolute Gasteiger partial charge is 0.240 e. The van der Waals surface area contributed by atoms with Gasteiger partial charge in [-0.3, -0.25) is 0 Å². The Hall–Kier alpha value is -1.61. The third kappa shape index (κ3) is 4.27. The highest BCUT2D eigenvalue weighted by atomic mass is 32.2. The van der Waals surface area contributed by atoms with E-state index in [9.17, 15) is 8.42 Å². The third-order valence-corrected chi connectivity index (χ3v) is 5.81. The van der Waals surface area contributed by atoms with E-state index in [1.807, 2.05) is 35.8 Å². The molecule has 24 heavy (non-hydrogen) atoms. The summed E-state index contributed by atoms with van der Waals surface area (Å²) in [5.74, 6) is 0.864. The summed E-state index contributed by atoms with van der Waals surface area (Å²) in [6, 6.07) is 6.50. The molecule has 1 atom stereocenters. The van der Waals surface area contributed by atoms with Crippen molar-refractivity contribution in [3.05, 3.63) is 40.6 Å². The Morgan fingerprint density at radius 3 is 2.42 bits per heavy atom. The number of sulfonamides is 1. The molecule has 0 unspecified atom stereocenters. The van der Waals surface area contributed by atoms with Gasteiger partial charge in [-0.25, -0.2) is 13.1 Å². The second-order valence-electron chi connectivity index (χ2n) is 5.40. The van der Waals surface area contributed by atoms with Gasteiger partial charge in [0.25, 0.3) is 0 Å². The van der Waals surface area contributed by atoms with E-state index in [-0.39, 0.29) is 17.5 Å². The van der Waals surface area contributed by atoms with Crippen molar-refractivity contribution in [1.29, 1.82) is 0 Å². The van der Waals surface area contributed by atoms with Crippen molar-refractivity contribution in [1.82, 2.24) is 9.62 Å². The zero-order valence-electron chi connectivity index (χ0n) is 14.1. The topological polar surface area (TPSA) is 67.9 Å². The Kier molecular flexibility index (Phi) is 6.22. The van der Waals surface area contributed by atoms with Crippen LogP contribution in [-0.4, -0.2) is 48.2 Å². The molecule has 0 spiro atoms. The Morgan fingerprint density at radius 2 is 1.88 bits per heavy atom. The van der Waals surface area contributed by atoms with Gasteiger partial charge in [-0.1, -0.05) is 0 Å². The van der Waals surface area contributed by atoms with E-state index in [4.69, 9.17) is 9.47 Å². The normalized spacial score (nSPS) is 13.0. The Bertz CT molecular complexity index is 758. The number of thiophene rings is 1. The number of hydrogen-bond donors (Lipinski definition) is 1. The highest BCUT2D eigenvalue weighted by Gasteiger charge is 2.21. The molecule has 1 aromatic heterocycles. The molecule has 132 valence electrons. The number of nitrogens with one attached hydrogen (secondary N) is 1. The molecule has 0 saturated heterocycles. The number of likely N-dealkylation sites (N-methyl/N-ethyl adjacent to an activating group) is 1. The van der Waals surface area contributed by atoms with Gasteiger partial charge >= 0.3 is 0 Å². The average Bonchev–Trinajstić information content (AvgIpc) is 3.08. The Balaban J connectivity index is 2.19. The number of rotatable bonds is 8. The minimum atomic E-state index is -3.65. The molecule has 0 radical (unpaired) electrons. The molecule has 2 aromatic rings. The van der Waals surface area contributed by atoms with Crippen LogP contribution in [0, 0.1) is 0 Å². The van der Waals surface area contributed by atoms with Crippen molar-refractivity contribution >= 4 is 21.4 Å². The molecule has 8 heteroatoms. The average molecular weight is 370 g/mol. The molecule has 1 aromatic carbocycles. The number of benzene rings is 1. The Morgan fingerprint density at radius 1 is 1.17 bits per heavy atom. The van der Waals surface area contributed by atoms with E-state index >= 15 is 0 Å². The van der Waals surface area contributed by atoms with E-state index in [2.05, 4.69) is 4.72 Å². The fraction of sp³-hybridized carbons (Fsp3) is 0.375. The van der Waals surface area contributed by atoms with Crippen LogP contribution in [-0.2, 0) is 10.0 Å². The second kappa shape index (κ2) is 7.98. The first-order valence-corrected chi connectivity index (χ1v) is 9.72. The minimum absolute atomic E-state index is 0.0360. The van der Waals surface area contributed by atoms with Gasteiger partial charge in [0.15, 0.2) is 11.5 Å². The van der Waals surface area contributed by atoms with Crippen molar-refractivity contribution in [2.45, 2.75) is 10.9 Å². The molecule has 0 bridgehead atoms. The third-order valence-electron chi connectivity index (χ3n) is 3.68. The first-order valence-electron chi connectivity index (χ1n) is 7.29. The summed E-state index contributed by atoms with van der Waals surface area (Å²) in [7, 11) is 3.18. The molecule has 6 nitrogen and oxygen atoms in total. The van der Waals surface area contributed by atoms with Crippen LogP contribution >= 0.6 is 11.3 Å². The van der Waals surface area contributed by atoms with Crippen LogP contribution in [0.25, 0.3) is 0 Å². The SMILES string of the molecule is COc1ccc(S(=O)(=O)NC[C@@H](c2ccsc2)N(C)C)cc1OC. The molecule has 0 fully saturated rings. The standard InChI is InChI=1S/C16H22N2O4S2/c1-18(2)14(12-7-8-23-11-12)10-17-24(19,20)13-5-6-15(21-3)16(9-13)22-4/h5-9,11,14,17H,10H2,1-4H3/t14-/m0/s1. The van der Waals surface area contributed by atoms with Gasteiger partial charge in [-0.05, 0) is 48.6 Å². The first-order chi connectivity index (χ1) is 11.4. The second-order valence-corrected chi connectivity index (χ2v) is 7.95. The highest BCUT2D eigenvalue weighted by Crippen LogP contribution is 2.29. The van der Waals surface area contributed by atoms with Crippen LogP contribution in [0.3, 0.4) is 0 Å². The lowest BCUT2D eigenvalue weighted by Gasteiger charge is -2.24. The van der Waals surface area contributed by atoms with Crippen LogP contribution in [0.1, 0.15) is 11.6 Å². The maximum Gasteiger partial charge on any atom is 0.240 e. The number of nitrogens with zero attached hydrogens (tertiary/aromatic N) is 1. The monoisotopic (exact) mass is 370 g/mol. The van der Waals surface area contributed by atoms with Gasteiger partial charge in [0.05, 0.1) is 19.1 Å². The lowest BCUT2D eigenvalue weighted by Crippen LogP contribution is -2.34. The van der Waals surface area contributed by atoms with Gasteiger partial charge in [-0.15, -0.1) is 0 Å². The maximum atomic E-state index is 12.6. The molecule has 0 saturated carbocycles. The van der Waals surface area contributed by atoms with E-state index in [0.29, 0.717) is 11.5 Å². The summed E-state index contributed by atoms with van der Waals surface area (Å²) in [5.41, 5.74) is 1.08. The zero-order valence-corrected chi connectivity index (χ0v) is 15.8. The van der Waals surface area contributed by atoms with E-state index in [0.717, 1.165) is 5.56 Å². The Labute approximate surface area is 147 Å². The number of ether oxygens (including phenoxy) is 2. The predicted molar refractivity (Wildman–Crippen MR) is 95.5 cm³/mol. The van der Waals surface area contributed by atoms with Gasteiger partial charge in [0.1, 0.15) is 0 Å². The van der Waals surface area contributed by atoms with Crippen molar-refractivity contribution in [2.24, 2.45) is 0 Å². The fourth-order valence-corrected chi connectivity index (χ4v) is 4.08. The van der Waals surface area contributed by atoms with Gasteiger partial charge in [0.2, 0.25) is 10.0 Å². The zero-order chi connectivity index (χ0) is 17.7.